The van der Waals surface area contributed by atoms with Gasteiger partial charge < -0.3 is 14.7 Å². The zero-order valence-corrected chi connectivity index (χ0v) is 19.6. The third-order valence-electron chi connectivity index (χ3n) is 5.57. The number of rotatable bonds is 7. The summed E-state index contributed by atoms with van der Waals surface area (Å²) in [6.07, 6.45) is 1.30. The van der Waals surface area contributed by atoms with Gasteiger partial charge in [0, 0.05) is 35.0 Å². The first kappa shape index (κ1) is 23.1. The molecule has 0 spiro atoms. The summed E-state index contributed by atoms with van der Waals surface area (Å²) in [5.41, 5.74) is 2.71. The number of ether oxygens (including phenoxy) is 1. The van der Waals surface area contributed by atoms with Crippen molar-refractivity contribution >= 4 is 35.1 Å². The SMILES string of the molecule is C[C@]1(Cc2cccc(Cl)c2)Cc2cc(C(=O)N(CC(=O)O)Cc3cccc(Cl)c3)ccc2O1. The van der Waals surface area contributed by atoms with E-state index in [4.69, 9.17) is 27.9 Å². The average Bonchev–Trinajstić information content (AvgIpc) is 3.07. The summed E-state index contributed by atoms with van der Waals surface area (Å²) in [5.74, 6) is -0.705. The van der Waals surface area contributed by atoms with Gasteiger partial charge in [0.2, 0.25) is 0 Å². The van der Waals surface area contributed by atoms with Gasteiger partial charge in [-0.3, -0.25) is 9.59 Å². The molecule has 3 aromatic carbocycles. The van der Waals surface area contributed by atoms with Crippen LogP contribution in [0.25, 0.3) is 0 Å². The number of benzene rings is 3. The first-order chi connectivity index (χ1) is 15.7. The van der Waals surface area contributed by atoms with Crippen molar-refractivity contribution in [1.82, 2.24) is 4.90 Å². The van der Waals surface area contributed by atoms with Gasteiger partial charge in [-0.05, 0) is 66.1 Å². The van der Waals surface area contributed by atoms with Gasteiger partial charge in [0.1, 0.15) is 17.9 Å². The highest BCUT2D eigenvalue weighted by Gasteiger charge is 2.35. The van der Waals surface area contributed by atoms with Crippen molar-refractivity contribution in [1.29, 1.82) is 0 Å². The summed E-state index contributed by atoms with van der Waals surface area (Å²) in [7, 11) is 0. The summed E-state index contributed by atoms with van der Waals surface area (Å²) in [6, 6.07) is 20.0. The molecular weight excluding hydrogens is 461 g/mol. The molecule has 0 saturated carbocycles. The predicted molar refractivity (Wildman–Crippen MR) is 128 cm³/mol. The molecule has 1 aliphatic heterocycles. The number of amides is 1. The molecule has 1 amide bonds. The summed E-state index contributed by atoms with van der Waals surface area (Å²) >= 11 is 12.2. The molecule has 1 N–H and O–H groups in total. The highest BCUT2D eigenvalue weighted by atomic mass is 35.5. The fourth-order valence-corrected chi connectivity index (χ4v) is 4.66. The Morgan fingerprint density at radius 1 is 1.00 bits per heavy atom. The molecule has 3 aromatic rings. The topological polar surface area (TPSA) is 66.8 Å². The van der Waals surface area contributed by atoms with E-state index in [9.17, 15) is 14.7 Å². The number of carbonyl (C=O) groups excluding carboxylic acids is 1. The molecule has 1 aliphatic rings. The number of hydrogen-bond donors (Lipinski definition) is 1. The first-order valence-corrected chi connectivity index (χ1v) is 11.3. The third kappa shape index (κ3) is 5.67. The minimum Gasteiger partial charge on any atom is -0.487 e. The highest BCUT2D eigenvalue weighted by Crippen LogP contribution is 2.38. The van der Waals surface area contributed by atoms with Crippen LogP contribution in [0.15, 0.2) is 66.7 Å². The standard InChI is InChI=1S/C26H23Cl2NO4/c1-26(13-17-4-2-6-21(27)10-17)14-20-12-19(8-9-23(20)33-26)25(32)29(16-24(30)31)15-18-5-3-7-22(28)11-18/h2-12H,13-16H2,1H3,(H,30,31)/t26-/m0/s1. The lowest BCUT2D eigenvalue weighted by molar-refractivity contribution is -0.137. The number of hydrogen-bond acceptors (Lipinski definition) is 3. The normalized spacial score (nSPS) is 16.7. The van der Waals surface area contributed by atoms with Crippen molar-refractivity contribution in [2.75, 3.05) is 6.54 Å². The van der Waals surface area contributed by atoms with E-state index in [1.165, 1.54) is 4.90 Å². The van der Waals surface area contributed by atoms with Crippen LogP contribution in [0.3, 0.4) is 0 Å². The number of halogens is 2. The maximum atomic E-state index is 13.2. The van der Waals surface area contributed by atoms with E-state index in [2.05, 4.69) is 0 Å². The summed E-state index contributed by atoms with van der Waals surface area (Å²) in [6.45, 7) is 1.77. The van der Waals surface area contributed by atoms with Gasteiger partial charge in [0.05, 0.1) is 0 Å². The minimum absolute atomic E-state index is 0.145. The monoisotopic (exact) mass is 483 g/mol. The molecule has 7 heteroatoms. The van der Waals surface area contributed by atoms with Gasteiger partial charge in [-0.25, -0.2) is 0 Å². The number of carboxylic acid groups (broad SMARTS) is 1. The van der Waals surface area contributed by atoms with Crippen molar-refractivity contribution in [3.05, 3.63) is 99.0 Å². The Kier molecular flexibility index (Phi) is 6.63. The number of carboxylic acids is 1. The maximum absolute atomic E-state index is 13.2. The lowest BCUT2D eigenvalue weighted by Crippen LogP contribution is -2.35. The van der Waals surface area contributed by atoms with Crippen molar-refractivity contribution in [2.45, 2.75) is 31.9 Å². The maximum Gasteiger partial charge on any atom is 0.323 e. The third-order valence-corrected chi connectivity index (χ3v) is 6.04. The van der Waals surface area contributed by atoms with Gasteiger partial charge >= 0.3 is 5.97 Å². The van der Waals surface area contributed by atoms with Crippen LogP contribution >= 0.6 is 23.2 Å². The van der Waals surface area contributed by atoms with E-state index < -0.39 is 18.1 Å². The summed E-state index contributed by atoms with van der Waals surface area (Å²) in [4.78, 5) is 26.0. The quantitative estimate of drug-likeness (QED) is 0.470. The molecule has 0 aromatic heterocycles. The molecule has 0 fully saturated rings. The largest absolute Gasteiger partial charge is 0.487 e. The molecule has 0 aliphatic carbocycles. The second-order valence-corrected chi connectivity index (χ2v) is 9.42. The second-order valence-electron chi connectivity index (χ2n) is 8.54. The van der Waals surface area contributed by atoms with Crippen LogP contribution in [-0.2, 0) is 24.2 Å². The Balaban J connectivity index is 1.53. The Bertz CT molecular complexity index is 1210. The smallest absolute Gasteiger partial charge is 0.323 e. The molecule has 33 heavy (non-hydrogen) atoms. The Labute approximate surface area is 202 Å². The second kappa shape index (κ2) is 9.46. The van der Waals surface area contributed by atoms with Crippen LogP contribution in [0, 0.1) is 0 Å². The van der Waals surface area contributed by atoms with Gasteiger partial charge in [0.25, 0.3) is 5.91 Å². The van der Waals surface area contributed by atoms with Gasteiger partial charge in [0.15, 0.2) is 0 Å². The average molecular weight is 484 g/mol. The van der Waals surface area contributed by atoms with Crippen LogP contribution in [0.5, 0.6) is 5.75 Å². The molecule has 4 rings (SSSR count). The summed E-state index contributed by atoms with van der Waals surface area (Å²) < 4.78 is 6.23. The summed E-state index contributed by atoms with van der Waals surface area (Å²) in [5, 5.41) is 10.6. The lowest BCUT2D eigenvalue weighted by Gasteiger charge is -2.24. The molecule has 1 atom stereocenters. The van der Waals surface area contributed by atoms with Crippen molar-refractivity contribution in [3.8, 4) is 5.75 Å². The van der Waals surface area contributed by atoms with Crippen LogP contribution in [-0.4, -0.2) is 34.0 Å². The molecule has 1 heterocycles. The van der Waals surface area contributed by atoms with Crippen LogP contribution in [0.4, 0.5) is 0 Å². The predicted octanol–water partition coefficient (Wildman–Crippen LogP) is 5.66. The van der Waals surface area contributed by atoms with Crippen molar-refractivity contribution in [3.63, 3.8) is 0 Å². The highest BCUT2D eigenvalue weighted by molar-refractivity contribution is 6.30. The molecule has 0 unspecified atom stereocenters. The van der Waals surface area contributed by atoms with Crippen LogP contribution in [0.1, 0.15) is 34.0 Å². The van der Waals surface area contributed by atoms with Crippen LogP contribution < -0.4 is 4.74 Å². The number of aliphatic carboxylic acids is 1. The fourth-order valence-electron chi connectivity index (χ4n) is 4.23. The number of nitrogens with zero attached hydrogens (tertiary/aromatic N) is 1. The molecular formula is C26H23Cl2NO4. The van der Waals surface area contributed by atoms with E-state index in [1.54, 1.807) is 36.4 Å². The molecule has 0 radical (unpaired) electrons. The van der Waals surface area contributed by atoms with E-state index in [0.29, 0.717) is 28.5 Å². The number of carbonyl (C=O) groups is 2. The first-order valence-electron chi connectivity index (χ1n) is 10.5. The molecule has 170 valence electrons. The Morgan fingerprint density at radius 2 is 1.67 bits per heavy atom. The fraction of sp³-hybridized carbons (Fsp3) is 0.231. The molecule has 5 nitrogen and oxygen atoms in total. The van der Waals surface area contributed by atoms with E-state index in [-0.39, 0.29) is 12.5 Å². The molecule has 0 bridgehead atoms. The van der Waals surface area contributed by atoms with Gasteiger partial charge in [-0.1, -0.05) is 47.5 Å². The van der Waals surface area contributed by atoms with Crippen LogP contribution in [0.2, 0.25) is 10.0 Å². The van der Waals surface area contributed by atoms with Gasteiger partial charge in [-0.15, -0.1) is 0 Å². The minimum atomic E-state index is -1.08. The molecule has 0 saturated heterocycles. The Morgan fingerprint density at radius 3 is 2.33 bits per heavy atom. The zero-order chi connectivity index (χ0) is 23.6. The van der Waals surface area contributed by atoms with E-state index >= 15 is 0 Å². The van der Waals surface area contributed by atoms with E-state index in [0.717, 1.165) is 22.4 Å². The number of fused-ring (bicyclic) bond motifs is 1. The Hall–Kier alpha value is -3.02. The van der Waals surface area contributed by atoms with Crippen molar-refractivity contribution < 1.29 is 19.4 Å². The zero-order valence-electron chi connectivity index (χ0n) is 18.1. The van der Waals surface area contributed by atoms with E-state index in [1.807, 2.05) is 37.3 Å². The van der Waals surface area contributed by atoms with Crippen molar-refractivity contribution in [2.24, 2.45) is 0 Å². The van der Waals surface area contributed by atoms with Gasteiger partial charge in [-0.2, -0.15) is 0 Å². The lowest BCUT2D eigenvalue weighted by atomic mass is 9.91.